The quantitative estimate of drug-likeness (QED) is 0.863. The number of carboxylic acids is 1. The summed E-state index contributed by atoms with van der Waals surface area (Å²) < 4.78 is 39.0. The van der Waals surface area contributed by atoms with Crippen molar-refractivity contribution < 1.29 is 27.9 Å². The fourth-order valence-electron chi connectivity index (χ4n) is 4.36. The molecule has 3 rings (SSSR count). The fourth-order valence-corrected chi connectivity index (χ4v) is 4.36. The number of hydrogen-bond acceptors (Lipinski definition) is 3. The Morgan fingerprint density at radius 1 is 1.13 bits per heavy atom. The second-order valence-corrected chi connectivity index (χ2v) is 6.91. The molecule has 0 radical (unpaired) electrons. The van der Waals surface area contributed by atoms with Crippen molar-refractivity contribution in [1.82, 2.24) is 4.90 Å². The van der Waals surface area contributed by atoms with Gasteiger partial charge < -0.3 is 10.0 Å². The first kappa shape index (κ1) is 16.3. The molecule has 2 aliphatic carbocycles. The first-order chi connectivity index (χ1) is 10.7. The van der Waals surface area contributed by atoms with E-state index in [1.807, 2.05) is 4.90 Å². The summed E-state index contributed by atoms with van der Waals surface area (Å²) in [6.07, 6.45) is -0.443. The lowest BCUT2D eigenvalue weighted by Gasteiger charge is -2.48. The highest BCUT2D eigenvalue weighted by Crippen LogP contribution is 2.59. The van der Waals surface area contributed by atoms with Crippen LogP contribution in [0.1, 0.15) is 44.9 Å². The Hall–Kier alpha value is -1.53. The number of nitrogens with zero attached hydrogens (tertiary/aromatic N) is 1. The number of likely N-dealkylation sites (tertiary alicyclic amines) is 1. The molecule has 2 fully saturated rings. The highest BCUT2D eigenvalue weighted by molar-refractivity contribution is 6.03. The molecule has 7 heteroatoms. The van der Waals surface area contributed by atoms with E-state index in [0.717, 1.165) is 12.8 Å². The Kier molecular flexibility index (Phi) is 3.92. The van der Waals surface area contributed by atoms with Gasteiger partial charge in [0.2, 0.25) is 0 Å². The second kappa shape index (κ2) is 5.53. The van der Waals surface area contributed by atoms with Crippen LogP contribution < -0.4 is 0 Å². The van der Waals surface area contributed by atoms with E-state index in [4.69, 9.17) is 5.11 Å². The molecule has 3 aliphatic rings. The zero-order valence-electron chi connectivity index (χ0n) is 12.8. The number of hydrogen-bond donors (Lipinski definition) is 1. The van der Waals surface area contributed by atoms with Crippen molar-refractivity contribution in [3.8, 4) is 0 Å². The summed E-state index contributed by atoms with van der Waals surface area (Å²) in [7, 11) is 0. The van der Waals surface area contributed by atoms with Gasteiger partial charge in [-0.1, -0.05) is 12.8 Å². The third-order valence-electron chi connectivity index (χ3n) is 5.60. The number of Topliss-reactive ketones (excluding diaryl/α,β-unsaturated/α-hetero) is 1. The predicted octanol–water partition coefficient (Wildman–Crippen LogP) is 3.13. The molecule has 1 heterocycles. The normalized spacial score (nSPS) is 24.9. The van der Waals surface area contributed by atoms with Crippen molar-refractivity contribution in [2.24, 2.45) is 11.3 Å². The lowest BCUT2D eigenvalue weighted by molar-refractivity contribution is -0.169. The number of aliphatic carboxylic acids is 1. The standard InChI is InChI=1S/C16H20F3NO3/c17-16(18,19)13(21)12-11(9-15(12)5-1-2-6-15)20-7-3-10(4-8-20)14(22)23/h10H,1-9H2,(H,22,23). The van der Waals surface area contributed by atoms with Gasteiger partial charge in [-0.15, -0.1) is 0 Å². The molecule has 23 heavy (non-hydrogen) atoms. The SMILES string of the molecule is O=C(O)C1CCN(C2=C(C(=O)C(F)(F)F)C3(CCCC3)C2)CC1. The van der Waals surface area contributed by atoms with Crippen LogP contribution in [0.2, 0.25) is 0 Å². The molecule has 1 saturated heterocycles. The number of alkyl halides is 3. The van der Waals surface area contributed by atoms with E-state index in [0.29, 0.717) is 50.9 Å². The zero-order valence-corrected chi connectivity index (χ0v) is 12.8. The molecule has 0 amide bonds. The average molecular weight is 331 g/mol. The number of allylic oxidation sites excluding steroid dienone is 2. The molecular formula is C16H20F3NO3. The van der Waals surface area contributed by atoms with E-state index in [9.17, 15) is 22.8 Å². The molecule has 0 atom stereocenters. The first-order valence-corrected chi connectivity index (χ1v) is 8.07. The van der Waals surface area contributed by atoms with Crippen LogP contribution in [0.25, 0.3) is 0 Å². The third-order valence-corrected chi connectivity index (χ3v) is 5.60. The molecule has 1 aliphatic heterocycles. The Labute approximate surface area is 132 Å². The van der Waals surface area contributed by atoms with E-state index in [1.54, 1.807) is 0 Å². The van der Waals surface area contributed by atoms with Gasteiger partial charge in [-0.25, -0.2) is 0 Å². The van der Waals surface area contributed by atoms with Crippen molar-refractivity contribution in [2.45, 2.75) is 51.1 Å². The summed E-state index contributed by atoms with van der Waals surface area (Å²) in [4.78, 5) is 24.7. The molecule has 0 aromatic heterocycles. The summed E-state index contributed by atoms with van der Waals surface area (Å²) in [5.74, 6) is -2.98. The van der Waals surface area contributed by atoms with Gasteiger partial charge in [-0.05, 0) is 32.1 Å². The van der Waals surface area contributed by atoms with Gasteiger partial charge in [-0.3, -0.25) is 9.59 Å². The highest BCUT2D eigenvalue weighted by atomic mass is 19.4. The highest BCUT2D eigenvalue weighted by Gasteiger charge is 2.57. The van der Waals surface area contributed by atoms with Crippen LogP contribution >= 0.6 is 0 Å². The second-order valence-electron chi connectivity index (χ2n) is 6.91. The summed E-state index contributed by atoms with van der Waals surface area (Å²) in [5, 5.41) is 9.02. The minimum atomic E-state index is -4.84. The molecule has 0 unspecified atom stereocenters. The van der Waals surface area contributed by atoms with Crippen molar-refractivity contribution in [3.05, 3.63) is 11.3 Å². The Balaban J connectivity index is 1.84. The lowest BCUT2D eigenvalue weighted by Crippen LogP contribution is -2.48. The van der Waals surface area contributed by atoms with Gasteiger partial charge in [0.05, 0.1) is 5.92 Å². The van der Waals surface area contributed by atoms with Gasteiger partial charge in [0.25, 0.3) is 5.78 Å². The van der Waals surface area contributed by atoms with Gasteiger partial charge in [0, 0.05) is 29.8 Å². The van der Waals surface area contributed by atoms with Crippen LogP contribution in [0.15, 0.2) is 11.3 Å². The summed E-state index contributed by atoms with van der Waals surface area (Å²) in [6.45, 7) is 0.827. The number of carbonyl (C=O) groups excluding carboxylic acids is 1. The van der Waals surface area contributed by atoms with E-state index in [2.05, 4.69) is 0 Å². The minimum absolute atomic E-state index is 0.0312. The summed E-state index contributed by atoms with van der Waals surface area (Å²) in [6, 6.07) is 0. The lowest BCUT2D eigenvalue weighted by atomic mass is 9.63. The smallest absolute Gasteiger partial charge is 0.454 e. The number of halogens is 3. The predicted molar refractivity (Wildman–Crippen MR) is 75.5 cm³/mol. The maximum atomic E-state index is 13.0. The molecule has 0 aromatic rings. The first-order valence-electron chi connectivity index (χ1n) is 8.07. The molecule has 128 valence electrons. The van der Waals surface area contributed by atoms with E-state index >= 15 is 0 Å². The van der Waals surface area contributed by atoms with Crippen molar-refractivity contribution in [1.29, 1.82) is 0 Å². The summed E-state index contributed by atoms with van der Waals surface area (Å²) >= 11 is 0. The average Bonchev–Trinajstić information content (AvgIpc) is 2.95. The van der Waals surface area contributed by atoms with Crippen LogP contribution in [-0.4, -0.2) is 41.0 Å². The molecule has 1 saturated carbocycles. The number of piperidine rings is 1. The van der Waals surface area contributed by atoms with E-state index in [1.165, 1.54) is 0 Å². The third kappa shape index (κ3) is 2.74. The largest absolute Gasteiger partial charge is 0.481 e. The van der Waals surface area contributed by atoms with Crippen molar-refractivity contribution >= 4 is 11.8 Å². The Bertz CT molecular complexity index is 553. The fraction of sp³-hybridized carbons (Fsp3) is 0.750. The monoisotopic (exact) mass is 331 g/mol. The van der Waals surface area contributed by atoms with Crippen LogP contribution in [-0.2, 0) is 9.59 Å². The molecule has 1 spiro atoms. The van der Waals surface area contributed by atoms with Crippen LogP contribution in [0.4, 0.5) is 13.2 Å². The molecule has 1 N–H and O–H groups in total. The zero-order chi connectivity index (χ0) is 16.8. The molecule has 0 aromatic carbocycles. The number of ketones is 1. The Morgan fingerprint density at radius 2 is 1.70 bits per heavy atom. The van der Waals surface area contributed by atoms with Crippen LogP contribution in [0, 0.1) is 11.3 Å². The van der Waals surface area contributed by atoms with Gasteiger partial charge in [0.15, 0.2) is 0 Å². The minimum Gasteiger partial charge on any atom is -0.481 e. The number of carboxylic acid groups (broad SMARTS) is 1. The van der Waals surface area contributed by atoms with Crippen molar-refractivity contribution in [2.75, 3.05) is 13.1 Å². The Morgan fingerprint density at radius 3 is 2.17 bits per heavy atom. The van der Waals surface area contributed by atoms with Gasteiger partial charge >= 0.3 is 12.1 Å². The molecular weight excluding hydrogens is 311 g/mol. The van der Waals surface area contributed by atoms with Crippen LogP contribution in [0.5, 0.6) is 0 Å². The van der Waals surface area contributed by atoms with E-state index in [-0.39, 0.29) is 5.57 Å². The summed E-state index contributed by atoms with van der Waals surface area (Å²) in [5.41, 5.74) is -0.0969. The maximum Gasteiger partial charge on any atom is 0.454 e. The van der Waals surface area contributed by atoms with Gasteiger partial charge in [0.1, 0.15) is 0 Å². The van der Waals surface area contributed by atoms with Crippen molar-refractivity contribution in [3.63, 3.8) is 0 Å². The maximum absolute atomic E-state index is 13.0. The molecule has 4 nitrogen and oxygen atoms in total. The number of rotatable bonds is 3. The van der Waals surface area contributed by atoms with Crippen LogP contribution in [0.3, 0.4) is 0 Å². The number of carbonyl (C=O) groups is 2. The van der Waals surface area contributed by atoms with Gasteiger partial charge in [-0.2, -0.15) is 13.2 Å². The topological polar surface area (TPSA) is 57.6 Å². The molecule has 0 bridgehead atoms. The van der Waals surface area contributed by atoms with E-state index < -0.39 is 29.3 Å².